The van der Waals surface area contributed by atoms with E-state index in [-0.39, 0.29) is 5.91 Å². The fraction of sp³-hybridized carbons (Fsp3) is 0.462. The first-order valence-electron chi connectivity index (χ1n) is 5.70. The number of nitrogens with zero attached hydrogens (tertiary/aromatic N) is 1. The Morgan fingerprint density at radius 1 is 1.47 bits per heavy atom. The zero-order valence-corrected chi connectivity index (χ0v) is 12.7. The van der Waals surface area contributed by atoms with Crippen molar-refractivity contribution in [2.45, 2.75) is 20.8 Å². The molecule has 1 aromatic carbocycles. The van der Waals surface area contributed by atoms with Gasteiger partial charge in [0.2, 0.25) is 0 Å². The summed E-state index contributed by atoms with van der Waals surface area (Å²) in [4.78, 5) is 14.1. The highest BCUT2D eigenvalue weighted by Crippen LogP contribution is 2.23. The summed E-state index contributed by atoms with van der Waals surface area (Å²) in [6.45, 7) is 7.68. The van der Waals surface area contributed by atoms with Gasteiger partial charge in [-0.2, -0.15) is 0 Å². The fourth-order valence-corrected chi connectivity index (χ4v) is 2.48. The van der Waals surface area contributed by atoms with Crippen molar-refractivity contribution in [3.8, 4) is 0 Å². The summed E-state index contributed by atoms with van der Waals surface area (Å²) in [5.41, 5.74) is 0.664. The van der Waals surface area contributed by atoms with Crippen molar-refractivity contribution in [2.75, 3.05) is 13.1 Å². The predicted molar refractivity (Wildman–Crippen MR) is 75.6 cm³/mol. The molecule has 0 aliphatic heterocycles. The van der Waals surface area contributed by atoms with Crippen LogP contribution >= 0.6 is 27.5 Å². The lowest BCUT2D eigenvalue weighted by atomic mass is 10.1. The van der Waals surface area contributed by atoms with Gasteiger partial charge in [-0.15, -0.1) is 0 Å². The van der Waals surface area contributed by atoms with E-state index in [1.165, 1.54) is 0 Å². The van der Waals surface area contributed by atoms with Crippen molar-refractivity contribution in [3.63, 3.8) is 0 Å². The molecule has 0 aliphatic rings. The van der Waals surface area contributed by atoms with Gasteiger partial charge in [0, 0.05) is 22.6 Å². The number of rotatable bonds is 4. The Labute approximate surface area is 116 Å². The number of benzene rings is 1. The second-order valence-corrected chi connectivity index (χ2v) is 5.65. The van der Waals surface area contributed by atoms with Crippen LogP contribution < -0.4 is 0 Å². The third-order valence-corrected chi connectivity index (χ3v) is 3.31. The van der Waals surface area contributed by atoms with Crippen molar-refractivity contribution in [2.24, 2.45) is 5.92 Å². The largest absolute Gasteiger partial charge is 0.339 e. The maximum atomic E-state index is 12.3. The molecular formula is C13H17BrClNO. The fourth-order valence-electron chi connectivity index (χ4n) is 1.63. The Bertz CT molecular complexity index is 406. The quantitative estimate of drug-likeness (QED) is 0.814. The molecule has 0 saturated carbocycles. The standard InChI is InChI=1S/C13H17BrClNO/c1-4-16(8-9(2)3)13(17)11-6-5-10(15)7-12(11)14/h5-7,9H,4,8H2,1-3H3. The van der Waals surface area contributed by atoms with E-state index in [4.69, 9.17) is 11.6 Å². The molecule has 0 aliphatic carbocycles. The van der Waals surface area contributed by atoms with E-state index in [2.05, 4.69) is 29.8 Å². The van der Waals surface area contributed by atoms with E-state index in [1.807, 2.05) is 11.8 Å². The minimum Gasteiger partial charge on any atom is -0.339 e. The van der Waals surface area contributed by atoms with Crippen LogP contribution in [0.15, 0.2) is 22.7 Å². The van der Waals surface area contributed by atoms with Crippen LogP contribution in [-0.4, -0.2) is 23.9 Å². The summed E-state index contributed by atoms with van der Waals surface area (Å²) < 4.78 is 0.747. The summed E-state index contributed by atoms with van der Waals surface area (Å²) in [7, 11) is 0. The summed E-state index contributed by atoms with van der Waals surface area (Å²) in [6.07, 6.45) is 0. The normalized spacial score (nSPS) is 10.7. The van der Waals surface area contributed by atoms with Crippen molar-refractivity contribution in [3.05, 3.63) is 33.3 Å². The van der Waals surface area contributed by atoms with Crippen molar-refractivity contribution >= 4 is 33.4 Å². The molecule has 0 fully saturated rings. The third kappa shape index (κ3) is 4.00. The molecule has 1 rings (SSSR count). The number of carbonyl (C=O) groups excluding carboxylic acids is 1. The van der Waals surface area contributed by atoms with E-state index in [0.29, 0.717) is 23.0 Å². The summed E-state index contributed by atoms with van der Waals surface area (Å²) >= 11 is 9.24. The smallest absolute Gasteiger partial charge is 0.254 e. The third-order valence-electron chi connectivity index (χ3n) is 2.42. The van der Waals surface area contributed by atoms with Crippen LogP contribution in [-0.2, 0) is 0 Å². The Kier molecular flexibility index (Phi) is 5.47. The molecule has 0 saturated heterocycles. The maximum absolute atomic E-state index is 12.3. The molecule has 1 aromatic rings. The molecule has 17 heavy (non-hydrogen) atoms. The van der Waals surface area contributed by atoms with Gasteiger partial charge in [-0.1, -0.05) is 25.4 Å². The number of amides is 1. The van der Waals surface area contributed by atoms with Gasteiger partial charge in [-0.25, -0.2) is 0 Å². The van der Waals surface area contributed by atoms with Crippen LogP contribution in [0, 0.1) is 5.92 Å². The molecule has 0 bridgehead atoms. The van der Waals surface area contributed by atoms with Crippen LogP contribution in [0.2, 0.25) is 5.02 Å². The maximum Gasteiger partial charge on any atom is 0.254 e. The van der Waals surface area contributed by atoms with Crippen molar-refractivity contribution in [1.29, 1.82) is 0 Å². The first kappa shape index (κ1) is 14.5. The first-order chi connectivity index (χ1) is 7.95. The van der Waals surface area contributed by atoms with Crippen LogP contribution in [0.25, 0.3) is 0 Å². The lowest BCUT2D eigenvalue weighted by molar-refractivity contribution is 0.0745. The lowest BCUT2D eigenvalue weighted by Gasteiger charge is -2.23. The lowest BCUT2D eigenvalue weighted by Crippen LogP contribution is -2.34. The van der Waals surface area contributed by atoms with Crippen LogP contribution in [0.3, 0.4) is 0 Å². The molecule has 0 heterocycles. The van der Waals surface area contributed by atoms with Crippen molar-refractivity contribution in [1.82, 2.24) is 4.90 Å². The highest BCUT2D eigenvalue weighted by atomic mass is 79.9. The molecule has 0 aromatic heterocycles. The van der Waals surface area contributed by atoms with E-state index >= 15 is 0 Å². The Balaban J connectivity index is 2.93. The summed E-state index contributed by atoms with van der Waals surface area (Å²) in [5.74, 6) is 0.509. The Hall–Kier alpha value is -0.540. The van der Waals surface area contributed by atoms with E-state index in [1.54, 1.807) is 18.2 Å². The van der Waals surface area contributed by atoms with Crippen molar-refractivity contribution < 1.29 is 4.79 Å². The molecule has 4 heteroatoms. The van der Waals surface area contributed by atoms with Crippen LogP contribution in [0.1, 0.15) is 31.1 Å². The van der Waals surface area contributed by atoms with Gasteiger partial charge in [0.05, 0.1) is 5.56 Å². The molecule has 0 spiro atoms. The van der Waals surface area contributed by atoms with Gasteiger partial charge >= 0.3 is 0 Å². The minimum absolute atomic E-state index is 0.0461. The number of carbonyl (C=O) groups is 1. The van der Waals surface area contributed by atoms with Gasteiger partial charge in [-0.3, -0.25) is 4.79 Å². The van der Waals surface area contributed by atoms with Crippen LogP contribution in [0.4, 0.5) is 0 Å². The molecular weight excluding hydrogens is 302 g/mol. The zero-order valence-electron chi connectivity index (χ0n) is 10.3. The molecule has 0 radical (unpaired) electrons. The van der Waals surface area contributed by atoms with E-state index in [9.17, 15) is 4.79 Å². The molecule has 1 amide bonds. The predicted octanol–water partition coefficient (Wildman–Crippen LogP) is 4.22. The second kappa shape index (κ2) is 6.41. The number of halogens is 2. The van der Waals surface area contributed by atoms with Gasteiger partial charge in [0.15, 0.2) is 0 Å². The average molecular weight is 319 g/mol. The summed E-state index contributed by atoms with van der Waals surface area (Å²) in [6, 6.07) is 5.25. The van der Waals surface area contributed by atoms with E-state index in [0.717, 1.165) is 11.0 Å². The molecule has 94 valence electrons. The SMILES string of the molecule is CCN(CC(C)C)C(=O)c1ccc(Cl)cc1Br. The zero-order chi connectivity index (χ0) is 13.0. The van der Waals surface area contributed by atoms with Gasteiger partial charge in [0.1, 0.15) is 0 Å². The minimum atomic E-state index is 0.0461. The van der Waals surface area contributed by atoms with Gasteiger partial charge in [-0.05, 0) is 47.0 Å². The van der Waals surface area contributed by atoms with Gasteiger partial charge in [0.25, 0.3) is 5.91 Å². The number of hydrogen-bond acceptors (Lipinski definition) is 1. The highest BCUT2D eigenvalue weighted by Gasteiger charge is 2.17. The molecule has 0 atom stereocenters. The Morgan fingerprint density at radius 3 is 2.59 bits per heavy atom. The molecule has 0 unspecified atom stereocenters. The van der Waals surface area contributed by atoms with E-state index < -0.39 is 0 Å². The first-order valence-corrected chi connectivity index (χ1v) is 6.87. The molecule has 0 N–H and O–H groups in total. The second-order valence-electron chi connectivity index (χ2n) is 4.36. The monoisotopic (exact) mass is 317 g/mol. The Morgan fingerprint density at radius 2 is 2.12 bits per heavy atom. The topological polar surface area (TPSA) is 20.3 Å². The highest BCUT2D eigenvalue weighted by molar-refractivity contribution is 9.10. The summed E-state index contributed by atoms with van der Waals surface area (Å²) in [5, 5.41) is 0.625. The van der Waals surface area contributed by atoms with Gasteiger partial charge < -0.3 is 4.90 Å². The molecule has 2 nitrogen and oxygen atoms in total. The number of hydrogen-bond donors (Lipinski definition) is 0. The average Bonchev–Trinajstić information content (AvgIpc) is 2.24. The van der Waals surface area contributed by atoms with Crippen LogP contribution in [0.5, 0.6) is 0 Å².